The van der Waals surface area contributed by atoms with Crippen LogP contribution >= 0.6 is 24.0 Å². The van der Waals surface area contributed by atoms with Crippen LogP contribution in [0, 0.1) is 5.92 Å². The van der Waals surface area contributed by atoms with Crippen LogP contribution in [0.1, 0.15) is 64.9 Å². The van der Waals surface area contributed by atoms with Crippen LogP contribution in [0.25, 0.3) is 17.0 Å². The van der Waals surface area contributed by atoms with Crippen LogP contribution in [0.2, 0.25) is 0 Å². The second-order valence-electron chi connectivity index (χ2n) is 9.74. The third-order valence-electron chi connectivity index (χ3n) is 7.31. The number of fused-ring (bicyclic) bond motifs is 1. The monoisotopic (exact) mass is 555 g/mol. The van der Waals surface area contributed by atoms with Crippen molar-refractivity contribution in [3.05, 3.63) is 45.1 Å². The lowest BCUT2D eigenvalue weighted by Crippen LogP contribution is -2.39. The molecule has 0 saturated carbocycles. The first-order valence-electron chi connectivity index (χ1n) is 13.7. The van der Waals surface area contributed by atoms with Crippen LogP contribution in [0.5, 0.6) is 0 Å². The summed E-state index contributed by atoms with van der Waals surface area (Å²) in [4.78, 5) is 43.9. The predicted molar refractivity (Wildman–Crippen MR) is 159 cm³/mol. The highest BCUT2D eigenvalue weighted by molar-refractivity contribution is 8.26. The lowest BCUT2D eigenvalue weighted by Gasteiger charge is -2.34. The van der Waals surface area contributed by atoms with E-state index >= 15 is 0 Å². The van der Waals surface area contributed by atoms with Gasteiger partial charge in [-0.25, -0.2) is 0 Å². The first-order chi connectivity index (χ1) is 18.4. The predicted octanol–water partition coefficient (Wildman–Crippen LogP) is 5.58. The van der Waals surface area contributed by atoms with Crippen molar-refractivity contribution in [3.63, 3.8) is 0 Å². The Labute approximate surface area is 234 Å². The SMILES string of the molecule is CCCCCCN1C(=O)C(=Cc2c(N3CCC(C(=O)OCC)CC3)c3ccccc3n(CC)c2=O)SC1=S. The molecule has 1 amide bonds. The van der Waals surface area contributed by atoms with Crippen LogP contribution in [0.15, 0.2) is 34.0 Å². The van der Waals surface area contributed by atoms with Crippen molar-refractivity contribution in [3.8, 4) is 0 Å². The summed E-state index contributed by atoms with van der Waals surface area (Å²) in [6.45, 7) is 8.69. The Morgan fingerprint density at radius 2 is 1.84 bits per heavy atom. The number of amides is 1. The number of nitrogens with zero attached hydrogens (tertiary/aromatic N) is 3. The van der Waals surface area contributed by atoms with Gasteiger partial charge < -0.3 is 14.2 Å². The number of hydrogen-bond donors (Lipinski definition) is 0. The highest BCUT2D eigenvalue weighted by Crippen LogP contribution is 2.37. The number of ether oxygens (including phenoxy) is 1. The fourth-order valence-corrected chi connectivity index (χ4v) is 6.60. The number of thioether (sulfide) groups is 1. The number of aromatic nitrogens is 1. The molecular weight excluding hydrogens is 518 g/mol. The number of rotatable bonds is 10. The van der Waals surface area contributed by atoms with Crippen LogP contribution in [0.3, 0.4) is 0 Å². The average Bonchev–Trinajstić information content (AvgIpc) is 3.19. The third kappa shape index (κ3) is 5.83. The maximum Gasteiger partial charge on any atom is 0.309 e. The minimum Gasteiger partial charge on any atom is -0.466 e. The van der Waals surface area contributed by atoms with E-state index in [4.69, 9.17) is 17.0 Å². The maximum atomic E-state index is 13.9. The van der Waals surface area contributed by atoms with Gasteiger partial charge in [0.1, 0.15) is 4.32 Å². The molecule has 9 heteroatoms. The summed E-state index contributed by atoms with van der Waals surface area (Å²) in [6, 6.07) is 7.91. The zero-order chi connectivity index (χ0) is 27.2. The molecule has 4 rings (SSSR count). The number of esters is 1. The fourth-order valence-electron chi connectivity index (χ4n) is 5.31. The molecule has 2 saturated heterocycles. The van der Waals surface area contributed by atoms with Crippen molar-refractivity contribution in [2.45, 2.75) is 65.8 Å². The summed E-state index contributed by atoms with van der Waals surface area (Å²) < 4.78 is 7.56. The van der Waals surface area contributed by atoms with Gasteiger partial charge in [-0.15, -0.1) is 0 Å². The smallest absolute Gasteiger partial charge is 0.309 e. The number of pyridine rings is 1. The minimum atomic E-state index is -0.152. The summed E-state index contributed by atoms with van der Waals surface area (Å²) in [5.41, 5.74) is 2.07. The average molecular weight is 556 g/mol. The van der Waals surface area contributed by atoms with E-state index in [-0.39, 0.29) is 23.4 Å². The van der Waals surface area contributed by atoms with Gasteiger partial charge in [0, 0.05) is 31.6 Å². The fraction of sp³-hybridized carbons (Fsp3) is 0.517. The van der Waals surface area contributed by atoms with E-state index in [1.807, 2.05) is 38.1 Å². The van der Waals surface area contributed by atoms with Gasteiger partial charge in [-0.1, -0.05) is 68.4 Å². The van der Waals surface area contributed by atoms with Gasteiger partial charge in [-0.3, -0.25) is 19.3 Å². The number of thiocarbonyl (C=S) groups is 1. The minimum absolute atomic E-state index is 0.123. The van der Waals surface area contributed by atoms with E-state index in [0.717, 1.165) is 42.3 Å². The van der Waals surface area contributed by atoms with Crippen molar-refractivity contribution in [2.75, 3.05) is 31.1 Å². The Kier molecular flexibility index (Phi) is 9.65. The number of unbranched alkanes of at least 4 members (excludes halogenated alkanes) is 3. The topological polar surface area (TPSA) is 71.9 Å². The van der Waals surface area contributed by atoms with E-state index in [1.165, 1.54) is 11.8 Å². The second kappa shape index (κ2) is 12.9. The summed E-state index contributed by atoms with van der Waals surface area (Å²) in [7, 11) is 0. The molecule has 1 aromatic heterocycles. The summed E-state index contributed by atoms with van der Waals surface area (Å²) in [6.07, 6.45) is 7.29. The van der Waals surface area contributed by atoms with Crippen LogP contribution < -0.4 is 10.5 Å². The van der Waals surface area contributed by atoms with Crippen molar-refractivity contribution < 1.29 is 14.3 Å². The van der Waals surface area contributed by atoms with Gasteiger partial charge in [-0.05, 0) is 45.3 Å². The number of piperidine rings is 1. The molecule has 0 N–H and O–H groups in total. The van der Waals surface area contributed by atoms with Gasteiger partial charge in [0.05, 0.1) is 34.2 Å². The summed E-state index contributed by atoms with van der Waals surface area (Å²) >= 11 is 6.83. The summed E-state index contributed by atoms with van der Waals surface area (Å²) in [5.74, 6) is -0.416. The highest BCUT2D eigenvalue weighted by atomic mass is 32.2. The molecule has 2 aliphatic heterocycles. The van der Waals surface area contributed by atoms with Crippen molar-refractivity contribution >= 4 is 62.8 Å². The first-order valence-corrected chi connectivity index (χ1v) is 15.0. The number of aryl methyl sites for hydroxylation is 1. The van der Waals surface area contributed by atoms with E-state index in [9.17, 15) is 14.4 Å². The lowest BCUT2D eigenvalue weighted by molar-refractivity contribution is -0.148. The molecule has 2 fully saturated rings. The van der Waals surface area contributed by atoms with Crippen LogP contribution in [-0.2, 0) is 20.9 Å². The number of anilines is 1. The number of carbonyl (C=O) groups excluding carboxylic acids is 2. The Morgan fingerprint density at radius 3 is 2.53 bits per heavy atom. The normalized spacial score (nSPS) is 17.7. The number of para-hydroxylation sites is 1. The molecule has 0 unspecified atom stereocenters. The van der Waals surface area contributed by atoms with E-state index < -0.39 is 0 Å². The molecule has 204 valence electrons. The molecular formula is C29H37N3O4S2. The molecule has 0 bridgehead atoms. The molecule has 0 radical (unpaired) electrons. The first kappa shape index (κ1) is 28.4. The van der Waals surface area contributed by atoms with Crippen molar-refractivity contribution in [1.82, 2.24) is 9.47 Å². The Morgan fingerprint density at radius 1 is 1.11 bits per heavy atom. The molecule has 2 aromatic rings. The maximum absolute atomic E-state index is 13.9. The van der Waals surface area contributed by atoms with Gasteiger partial charge in [0.25, 0.3) is 11.5 Å². The molecule has 0 spiro atoms. The second-order valence-corrected chi connectivity index (χ2v) is 11.4. The molecule has 2 aliphatic rings. The van der Waals surface area contributed by atoms with Crippen molar-refractivity contribution in [2.24, 2.45) is 5.92 Å². The Hall–Kier alpha value is -2.65. The number of benzene rings is 1. The molecule has 7 nitrogen and oxygen atoms in total. The number of hydrogen-bond acceptors (Lipinski definition) is 7. The van der Waals surface area contributed by atoms with Crippen molar-refractivity contribution in [1.29, 1.82) is 0 Å². The standard InChI is InChI=1S/C29H37N3O4S2/c1-4-7-8-11-16-32-27(34)24(38-29(32)37)19-22-25(30-17-14-20(15-18-30)28(35)36-6-3)21-12-9-10-13-23(21)31(5-2)26(22)33/h9-10,12-13,19-20H,4-8,11,14-18H2,1-3H3. The van der Waals surface area contributed by atoms with E-state index in [2.05, 4.69) is 11.8 Å². The zero-order valence-corrected chi connectivity index (χ0v) is 24.2. The Balaban J connectivity index is 1.73. The van der Waals surface area contributed by atoms with Gasteiger partial charge in [0.15, 0.2) is 0 Å². The van der Waals surface area contributed by atoms with Crippen LogP contribution in [-0.4, -0.2) is 51.9 Å². The summed E-state index contributed by atoms with van der Waals surface area (Å²) in [5, 5.41) is 0.963. The van der Waals surface area contributed by atoms with E-state index in [1.54, 1.807) is 15.5 Å². The Bertz CT molecular complexity index is 1290. The molecule has 0 aliphatic carbocycles. The van der Waals surface area contributed by atoms with Gasteiger partial charge in [0.2, 0.25) is 0 Å². The molecule has 3 heterocycles. The quantitative estimate of drug-likeness (QED) is 0.164. The zero-order valence-electron chi connectivity index (χ0n) is 22.5. The van der Waals surface area contributed by atoms with Gasteiger partial charge in [-0.2, -0.15) is 0 Å². The van der Waals surface area contributed by atoms with Gasteiger partial charge >= 0.3 is 5.97 Å². The highest BCUT2D eigenvalue weighted by Gasteiger charge is 2.33. The largest absolute Gasteiger partial charge is 0.466 e. The molecule has 1 aromatic carbocycles. The molecule has 38 heavy (non-hydrogen) atoms. The van der Waals surface area contributed by atoms with E-state index in [0.29, 0.717) is 60.4 Å². The number of carbonyl (C=O) groups is 2. The van der Waals surface area contributed by atoms with Crippen LogP contribution in [0.4, 0.5) is 5.69 Å². The molecule has 0 atom stereocenters. The lowest BCUT2D eigenvalue weighted by atomic mass is 9.95. The third-order valence-corrected chi connectivity index (χ3v) is 8.69.